The summed E-state index contributed by atoms with van der Waals surface area (Å²) in [5.41, 5.74) is 5.64. The molecule has 1 aromatic carbocycles. The molecule has 1 saturated carbocycles. The number of carboxylic acid groups (broad SMARTS) is 1. The number of rotatable bonds is 5. The number of piperidine rings is 1. The highest BCUT2D eigenvalue weighted by molar-refractivity contribution is 5.99. The van der Waals surface area contributed by atoms with Gasteiger partial charge in [-0.05, 0) is 71.4 Å². The van der Waals surface area contributed by atoms with Gasteiger partial charge in [0.15, 0.2) is 0 Å². The molecule has 39 heavy (non-hydrogen) atoms. The van der Waals surface area contributed by atoms with Crippen molar-refractivity contribution in [1.29, 1.82) is 0 Å². The molecule has 1 atom stereocenters. The van der Waals surface area contributed by atoms with Crippen LogP contribution in [0, 0.1) is 19.8 Å². The second-order valence-corrected chi connectivity index (χ2v) is 11.2. The summed E-state index contributed by atoms with van der Waals surface area (Å²) in [4.78, 5) is 32.6. The predicted molar refractivity (Wildman–Crippen MR) is 147 cm³/mol. The van der Waals surface area contributed by atoms with Crippen molar-refractivity contribution >= 4 is 17.7 Å². The molecule has 2 fully saturated rings. The third-order valence-electron chi connectivity index (χ3n) is 8.21. The number of anilines is 1. The van der Waals surface area contributed by atoms with Gasteiger partial charge < -0.3 is 19.6 Å². The van der Waals surface area contributed by atoms with Crippen LogP contribution in [0.15, 0.2) is 36.7 Å². The number of nitrogens with zero attached hydrogens (tertiary/aromatic N) is 5. The van der Waals surface area contributed by atoms with E-state index in [-0.39, 0.29) is 23.9 Å². The number of hydrogen-bond acceptors (Lipinski definition) is 5. The van der Waals surface area contributed by atoms with Crippen molar-refractivity contribution in [1.82, 2.24) is 19.7 Å². The van der Waals surface area contributed by atoms with Crippen LogP contribution in [0.25, 0.3) is 11.1 Å². The molecule has 9 nitrogen and oxygen atoms in total. The zero-order valence-corrected chi connectivity index (χ0v) is 22.8. The first-order chi connectivity index (χ1) is 18.8. The first-order valence-corrected chi connectivity index (χ1v) is 13.9. The van der Waals surface area contributed by atoms with Gasteiger partial charge in [0, 0.05) is 71.5 Å². The molecule has 9 heteroatoms. The van der Waals surface area contributed by atoms with E-state index in [1.165, 1.54) is 4.90 Å². The Hall–Kier alpha value is -3.88. The summed E-state index contributed by atoms with van der Waals surface area (Å²) in [5.74, 6) is 1.84. The van der Waals surface area contributed by atoms with Crippen molar-refractivity contribution in [2.45, 2.75) is 71.4 Å². The SMILES string of the molecule is Cc1cc(Oc2c(-c3cnn(C4CCN(C(=O)O)CC4)c3)ccc3c2CC[C@H](C)N3C(=O)C2CC2)cc(C)n1. The van der Waals surface area contributed by atoms with Gasteiger partial charge in [0.2, 0.25) is 5.91 Å². The molecule has 1 saturated heterocycles. The van der Waals surface area contributed by atoms with Crippen LogP contribution in [0.2, 0.25) is 0 Å². The summed E-state index contributed by atoms with van der Waals surface area (Å²) in [7, 11) is 0. The molecule has 3 aromatic rings. The highest BCUT2D eigenvalue weighted by Crippen LogP contribution is 2.46. The molecule has 2 amide bonds. The molecule has 0 unspecified atom stereocenters. The molecular formula is C30H35N5O4. The molecule has 1 aliphatic carbocycles. The Morgan fingerprint density at radius 2 is 1.74 bits per heavy atom. The minimum absolute atomic E-state index is 0.138. The molecule has 4 heterocycles. The first kappa shape index (κ1) is 25.4. The fraction of sp³-hybridized carbons (Fsp3) is 0.467. The number of amides is 2. The molecule has 3 aliphatic rings. The van der Waals surface area contributed by atoms with Gasteiger partial charge in [0.1, 0.15) is 11.5 Å². The van der Waals surface area contributed by atoms with Crippen LogP contribution in [0.4, 0.5) is 10.5 Å². The normalized spacial score (nSPS) is 19.6. The van der Waals surface area contributed by atoms with E-state index in [9.17, 15) is 14.7 Å². The van der Waals surface area contributed by atoms with Crippen LogP contribution in [0.1, 0.15) is 62.0 Å². The standard InChI is InChI=1S/C30H35N5O4/c1-18-14-24(15-19(2)32-18)39-28-25(22-16-31-34(17-22)23-10-12-33(13-11-23)30(37)38)8-9-27-26(28)7-4-20(3)35(27)29(36)21-5-6-21/h8-9,14-17,20-21,23H,4-7,10-13H2,1-3H3,(H,37,38)/t20-/m0/s1. The lowest BCUT2D eigenvalue weighted by Crippen LogP contribution is -2.43. The fourth-order valence-electron chi connectivity index (χ4n) is 5.98. The number of ether oxygens (including phenoxy) is 1. The molecule has 2 aliphatic heterocycles. The minimum Gasteiger partial charge on any atom is -0.465 e. The van der Waals surface area contributed by atoms with Crippen molar-refractivity contribution in [3.05, 3.63) is 53.6 Å². The van der Waals surface area contributed by atoms with E-state index in [0.29, 0.717) is 13.1 Å². The molecule has 0 bridgehead atoms. The smallest absolute Gasteiger partial charge is 0.407 e. The Labute approximate surface area is 228 Å². The van der Waals surface area contributed by atoms with E-state index in [1.807, 2.05) is 48.0 Å². The van der Waals surface area contributed by atoms with Crippen molar-refractivity contribution in [3.63, 3.8) is 0 Å². The van der Waals surface area contributed by atoms with E-state index >= 15 is 0 Å². The first-order valence-electron chi connectivity index (χ1n) is 13.9. The van der Waals surface area contributed by atoms with Crippen LogP contribution in [0.5, 0.6) is 11.5 Å². The Morgan fingerprint density at radius 3 is 2.41 bits per heavy atom. The summed E-state index contributed by atoms with van der Waals surface area (Å²) in [6, 6.07) is 8.29. The summed E-state index contributed by atoms with van der Waals surface area (Å²) in [5, 5.41) is 14.0. The number of carbonyl (C=O) groups excluding carboxylic acids is 1. The largest absolute Gasteiger partial charge is 0.465 e. The third kappa shape index (κ3) is 4.97. The Morgan fingerprint density at radius 1 is 1.03 bits per heavy atom. The van der Waals surface area contributed by atoms with E-state index in [2.05, 4.69) is 29.1 Å². The Bertz CT molecular complexity index is 1400. The topological polar surface area (TPSA) is 101 Å². The maximum atomic E-state index is 13.3. The van der Waals surface area contributed by atoms with Gasteiger partial charge in [-0.15, -0.1) is 0 Å². The van der Waals surface area contributed by atoms with Gasteiger partial charge in [-0.3, -0.25) is 14.5 Å². The Kier molecular flexibility index (Phi) is 6.53. The number of likely N-dealkylation sites (tertiary alicyclic amines) is 1. The summed E-state index contributed by atoms with van der Waals surface area (Å²) < 4.78 is 8.63. The number of fused-ring (bicyclic) bond motifs is 1. The number of hydrogen-bond donors (Lipinski definition) is 1. The summed E-state index contributed by atoms with van der Waals surface area (Å²) in [6.45, 7) is 7.06. The zero-order valence-electron chi connectivity index (χ0n) is 22.8. The third-order valence-corrected chi connectivity index (χ3v) is 8.21. The fourth-order valence-corrected chi connectivity index (χ4v) is 5.98. The van der Waals surface area contributed by atoms with Crippen molar-refractivity contribution in [2.24, 2.45) is 5.92 Å². The molecule has 1 N–H and O–H groups in total. The van der Waals surface area contributed by atoms with E-state index in [4.69, 9.17) is 4.74 Å². The van der Waals surface area contributed by atoms with Crippen molar-refractivity contribution in [3.8, 4) is 22.6 Å². The van der Waals surface area contributed by atoms with Crippen LogP contribution in [-0.4, -0.2) is 55.9 Å². The van der Waals surface area contributed by atoms with E-state index in [0.717, 1.165) is 83.8 Å². The molecule has 0 spiro atoms. The number of aromatic nitrogens is 3. The van der Waals surface area contributed by atoms with Crippen molar-refractivity contribution in [2.75, 3.05) is 18.0 Å². The lowest BCUT2D eigenvalue weighted by Gasteiger charge is -2.36. The quantitative estimate of drug-likeness (QED) is 0.452. The van der Waals surface area contributed by atoms with Gasteiger partial charge >= 0.3 is 6.09 Å². The molecule has 6 rings (SSSR count). The zero-order chi connectivity index (χ0) is 27.3. The second-order valence-electron chi connectivity index (χ2n) is 11.2. The summed E-state index contributed by atoms with van der Waals surface area (Å²) >= 11 is 0. The van der Waals surface area contributed by atoms with Gasteiger partial charge in [0.05, 0.1) is 17.9 Å². The predicted octanol–water partition coefficient (Wildman–Crippen LogP) is 5.75. The minimum atomic E-state index is -0.865. The van der Waals surface area contributed by atoms with E-state index in [1.54, 1.807) is 0 Å². The van der Waals surface area contributed by atoms with Crippen LogP contribution in [0.3, 0.4) is 0 Å². The van der Waals surface area contributed by atoms with Crippen LogP contribution < -0.4 is 9.64 Å². The molecule has 204 valence electrons. The highest BCUT2D eigenvalue weighted by atomic mass is 16.5. The van der Waals surface area contributed by atoms with Crippen LogP contribution >= 0.6 is 0 Å². The highest BCUT2D eigenvalue weighted by Gasteiger charge is 2.39. The maximum absolute atomic E-state index is 13.3. The van der Waals surface area contributed by atoms with Gasteiger partial charge in [-0.2, -0.15) is 5.10 Å². The number of carbonyl (C=O) groups is 2. The maximum Gasteiger partial charge on any atom is 0.407 e. The van der Waals surface area contributed by atoms with E-state index < -0.39 is 6.09 Å². The molecule has 0 radical (unpaired) electrons. The number of aryl methyl sites for hydroxylation is 2. The lowest BCUT2D eigenvalue weighted by atomic mass is 9.92. The number of benzene rings is 1. The summed E-state index contributed by atoms with van der Waals surface area (Å²) in [6.07, 6.45) is 8.13. The van der Waals surface area contributed by atoms with Crippen LogP contribution in [-0.2, 0) is 11.2 Å². The average molecular weight is 530 g/mol. The monoisotopic (exact) mass is 529 g/mol. The Balaban J connectivity index is 1.39. The van der Waals surface area contributed by atoms with Gasteiger partial charge in [-0.25, -0.2) is 4.79 Å². The molecular weight excluding hydrogens is 494 g/mol. The average Bonchev–Trinajstić information content (AvgIpc) is 3.64. The number of pyridine rings is 1. The second kappa shape index (κ2) is 10.0. The van der Waals surface area contributed by atoms with Crippen molar-refractivity contribution < 1.29 is 19.4 Å². The molecule has 2 aromatic heterocycles. The van der Waals surface area contributed by atoms with Gasteiger partial charge in [0.25, 0.3) is 0 Å². The van der Waals surface area contributed by atoms with Gasteiger partial charge in [-0.1, -0.05) is 0 Å². The lowest BCUT2D eigenvalue weighted by molar-refractivity contribution is -0.120.